The average molecular weight is 87.1 g/mol. The Kier molecular flexibility index (Phi) is 2.50. The van der Waals surface area contributed by atoms with Gasteiger partial charge in [-0.15, -0.1) is 0 Å². The van der Waals surface area contributed by atoms with Crippen molar-refractivity contribution in [1.29, 1.82) is 0 Å². The van der Waals surface area contributed by atoms with Gasteiger partial charge in [0.15, 0.2) is 6.29 Å². The van der Waals surface area contributed by atoms with E-state index in [1.54, 1.807) is 0 Å². The predicted molar refractivity (Wildman–Crippen MR) is 22.6 cm³/mol. The van der Waals surface area contributed by atoms with Gasteiger partial charge in [0.05, 0.1) is 6.26 Å². The molecule has 0 aromatic rings. The Balaban J connectivity index is 2.81. The summed E-state index contributed by atoms with van der Waals surface area (Å²) in [5.74, 6) is 0. The second-order valence-electron chi connectivity index (χ2n) is 0.757. The van der Waals surface area contributed by atoms with Crippen molar-refractivity contribution in [3.8, 4) is 0 Å². The van der Waals surface area contributed by atoms with Crippen LogP contribution in [-0.4, -0.2) is 11.4 Å². The zero-order valence-electron chi connectivity index (χ0n) is 3.42. The Morgan fingerprint density at radius 3 is 2.33 bits per heavy atom. The Hall–Kier alpha value is -0.500. The highest BCUT2D eigenvalue weighted by Crippen LogP contribution is 1.78. The van der Waals surface area contributed by atoms with Gasteiger partial charge in [-0.05, 0) is 0 Å². The standard InChI is InChI=1S/C4H7O2/c1-3-6-4(2)5/h3-5H,1-2H2. The molecule has 1 unspecified atom stereocenters. The maximum atomic E-state index is 8.15. The van der Waals surface area contributed by atoms with E-state index in [0.29, 0.717) is 0 Å². The van der Waals surface area contributed by atoms with Crippen LogP contribution in [0.4, 0.5) is 0 Å². The molecule has 0 aliphatic carbocycles. The summed E-state index contributed by atoms with van der Waals surface area (Å²) in [4.78, 5) is 0. The average Bonchev–Trinajstić information content (AvgIpc) is 1.35. The van der Waals surface area contributed by atoms with Crippen molar-refractivity contribution >= 4 is 0 Å². The lowest BCUT2D eigenvalue weighted by molar-refractivity contribution is -0.0130. The van der Waals surface area contributed by atoms with E-state index in [2.05, 4.69) is 18.2 Å². The summed E-state index contributed by atoms with van der Waals surface area (Å²) < 4.78 is 4.25. The summed E-state index contributed by atoms with van der Waals surface area (Å²) in [5.41, 5.74) is 0. The van der Waals surface area contributed by atoms with Crippen LogP contribution in [0.25, 0.3) is 0 Å². The van der Waals surface area contributed by atoms with Gasteiger partial charge in [0.2, 0.25) is 0 Å². The zero-order chi connectivity index (χ0) is 4.99. The molecule has 35 valence electrons. The summed E-state index contributed by atoms with van der Waals surface area (Å²) in [7, 11) is 0. The second-order valence-corrected chi connectivity index (χ2v) is 0.757. The molecule has 0 amide bonds. The smallest absolute Gasteiger partial charge is 0.196 e. The highest BCUT2D eigenvalue weighted by Gasteiger charge is 1.83. The first-order chi connectivity index (χ1) is 2.77. The van der Waals surface area contributed by atoms with Gasteiger partial charge in [-0.1, -0.05) is 6.58 Å². The molecule has 0 spiro atoms. The maximum Gasteiger partial charge on any atom is 0.196 e. The molecule has 1 N–H and O–H groups in total. The van der Waals surface area contributed by atoms with Crippen molar-refractivity contribution < 1.29 is 9.84 Å². The third-order valence-electron chi connectivity index (χ3n) is 0.253. The van der Waals surface area contributed by atoms with E-state index in [1.807, 2.05) is 0 Å². The molecule has 0 aliphatic heterocycles. The first-order valence-corrected chi connectivity index (χ1v) is 1.55. The van der Waals surface area contributed by atoms with E-state index >= 15 is 0 Å². The summed E-state index contributed by atoms with van der Waals surface area (Å²) in [6.45, 7) is 6.27. The van der Waals surface area contributed by atoms with Crippen molar-refractivity contribution in [2.45, 2.75) is 6.29 Å². The first-order valence-electron chi connectivity index (χ1n) is 1.55. The minimum Gasteiger partial charge on any atom is -0.473 e. The number of hydrogen-bond donors (Lipinski definition) is 1. The van der Waals surface area contributed by atoms with E-state index < -0.39 is 6.29 Å². The van der Waals surface area contributed by atoms with Crippen LogP contribution in [0.3, 0.4) is 0 Å². The predicted octanol–water partition coefficient (Wildman–Crippen LogP) is 0.299. The van der Waals surface area contributed by atoms with Crippen LogP contribution < -0.4 is 0 Å². The maximum absolute atomic E-state index is 8.15. The summed E-state index contributed by atoms with van der Waals surface area (Å²) in [6, 6.07) is 0. The normalized spacial score (nSPS) is 13.0. The summed E-state index contributed by atoms with van der Waals surface area (Å²) in [6.07, 6.45) is 0.167. The largest absolute Gasteiger partial charge is 0.473 e. The van der Waals surface area contributed by atoms with Crippen LogP contribution in [0.1, 0.15) is 0 Å². The number of aliphatic hydroxyl groups is 1. The molecule has 0 aromatic heterocycles. The Labute approximate surface area is 37.1 Å². The fraction of sp³-hybridized carbons (Fsp3) is 0.250. The SMILES string of the molecule is [CH2]C(O)OC=C. The minimum absolute atomic E-state index is 0.970. The number of rotatable bonds is 2. The molecule has 1 atom stereocenters. The van der Waals surface area contributed by atoms with Gasteiger partial charge < -0.3 is 9.84 Å². The van der Waals surface area contributed by atoms with E-state index in [9.17, 15) is 0 Å². The number of aliphatic hydroxyl groups excluding tert-OH is 1. The Morgan fingerprint density at radius 2 is 2.33 bits per heavy atom. The van der Waals surface area contributed by atoms with Gasteiger partial charge in [-0.3, -0.25) is 0 Å². The molecule has 1 radical (unpaired) electrons. The fourth-order valence-electron chi connectivity index (χ4n) is 0.111. The van der Waals surface area contributed by atoms with Crippen molar-refractivity contribution in [2.75, 3.05) is 0 Å². The minimum atomic E-state index is -0.970. The van der Waals surface area contributed by atoms with Crippen LogP contribution >= 0.6 is 0 Å². The van der Waals surface area contributed by atoms with Crippen molar-refractivity contribution in [3.63, 3.8) is 0 Å². The molecule has 2 nitrogen and oxygen atoms in total. The summed E-state index contributed by atoms with van der Waals surface area (Å²) in [5, 5.41) is 8.15. The van der Waals surface area contributed by atoms with Gasteiger partial charge in [0, 0.05) is 6.92 Å². The third-order valence-corrected chi connectivity index (χ3v) is 0.253. The van der Waals surface area contributed by atoms with Gasteiger partial charge in [-0.25, -0.2) is 0 Å². The monoisotopic (exact) mass is 87.0 g/mol. The number of ether oxygens (including phenoxy) is 1. The van der Waals surface area contributed by atoms with E-state index in [0.717, 1.165) is 6.26 Å². The molecule has 0 saturated carbocycles. The Bertz CT molecular complexity index is 40.8. The topological polar surface area (TPSA) is 29.5 Å². The van der Waals surface area contributed by atoms with Gasteiger partial charge in [0.1, 0.15) is 0 Å². The quantitative estimate of drug-likeness (QED) is 0.387. The van der Waals surface area contributed by atoms with Crippen LogP contribution in [0.15, 0.2) is 12.8 Å². The molecule has 0 heterocycles. The van der Waals surface area contributed by atoms with Crippen molar-refractivity contribution in [3.05, 3.63) is 19.8 Å². The van der Waals surface area contributed by atoms with Gasteiger partial charge in [-0.2, -0.15) is 0 Å². The van der Waals surface area contributed by atoms with Crippen molar-refractivity contribution in [1.82, 2.24) is 0 Å². The number of hydrogen-bond acceptors (Lipinski definition) is 2. The van der Waals surface area contributed by atoms with E-state index in [1.165, 1.54) is 0 Å². The molecule has 2 heteroatoms. The second kappa shape index (κ2) is 2.72. The Morgan fingerprint density at radius 1 is 1.83 bits per heavy atom. The van der Waals surface area contributed by atoms with Crippen LogP contribution in [0.5, 0.6) is 0 Å². The van der Waals surface area contributed by atoms with Crippen LogP contribution in [0, 0.1) is 6.92 Å². The van der Waals surface area contributed by atoms with Gasteiger partial charge >= 0.3 is 0 Å². The van der Waals surface area contributed by atoms with Crippen LogP contribution in [0.2, 0.25) is 0 Å². The molecule has 6 heavy (non-hydrogen) atoms. The lowest BCUT2D eigenvalue weighted by Gasteiger charge is -1.98. The van der Waals surface area contributed by atoms with E-state index in [4.69, 9.17) is 5.11 Å². The molecule has 0 saturated heterocycles. The van der Waals surface area contributed by atoms with Crippen molar-refractivity contribution in [2.24, 2.45) is 0 Å². The molecule has 0 aliphatic rings. The molecular formula is C4H7O2. The van der Waals surface area contributed by atoms with Gasteiger partial charge in [0.25, 0.3) is 0 Å². The summed E-state index contributed by atoms with van der Waals surface area (Å²) >= 11 is 0. The molecular weight excluding hydrogens is 80.0 g/mol. The molecule has 0 rings (SSSR count). The fourth-order valence-corrected chi connectivity index (χ4v) is 0.111. The molecule has 0 aromatic carbocycles. The van der Waals surface area contributed by atoms with Crippen LogP contribution in [-0.2, 0) is 4.74 Å². The van der Waals surface area contributed by atoms with E-state index in [-0.39, 0.29) is 0 Å². The third kappa shape index (κ3) is 3.50. The first kappa shape index (κ1) is 5.50. The highest BCUT2D eigenvalue weighted by molar-refractivity contribution is 4.51. The lowest BCUT2D eigenvalue weighted by atomic mass is 10.8. The lowest BCUT2D eigenvalue weighted by Crippen LogP contribution is -1.99. The highest BCUT2D eigenvalue weighted by atomic mass is 16.6. The molecule has 0 bridgehead atoms. The zero-order valence-corrected chi connectivity index (χ0v) is 3.42. The molecule has 0 fully saturated rings.